The Morgan fingerprint density at radius 3 is 2.67 bits per heavy atom. The number of aryl methyl sites for hydroxylation is 2. The highest BCUT2D eigenvalue weighted by Crippen LogP contribution is 2.29. The summed E-state index contributed by atoms with van der Waals surface area (Å²) in [6.45, 7) is 7.30. The van der Waals surface area contributed by atoms with Crippen molar-refractivity contribution >= 4 is 0 Å². The second kappa shape index (κ2) is 7.18. The van der Waals surface area contributed by atoms with Crippen LogP contribution in [0, 0.1) is 13.8 Å². The molecule has 0 saturated carbocycles. The summed E-state index contributed by atoms with van der Waals surface area (Å²) in [7, 11) is 1.63. The zero-order chi connectivity index (χ0) is 15.2. The Morgan fingerprint density at radius 1 is 1.19 bits per heavy atom. The molecule has 0 bridgehead atoms. The Labute approximate surface area is 126 Å². The van der Waals surface area contributed by atoms with Gasteiger partial charge in [-0.3, -0.25) is 4.98 Å². The van der Waals surface area contributed by atoms with Gasteiger partial charge in [0, 0.05) is 12.4 Å². The number of ether oxygens (including phenoxy) is 1. The molecule has 0 saturated heterocycles. The molecule has 0 radical (unpaired) electrons. The third-order valence-corrected chi connectivity index (χ3v) is 3.50. The minimum Gasteiger partial charge on any atom is -0.480 e. The standard InChI is InChI=1S/C17H23N3O/c1-5-8-18-15(14-11-12(2)6-7-13(14)3)16-17(21-4)20-10-9-19-16/h6-7,9-11,15,18H,5,8H2,1-4H3. The fourth-order valence-corrected chi connectivity index (χ4v) is 2.40. The van der Waals surface area contributed by atoms with E-state index < -0.39 is 0 Å². The van der Waals surface area contributed by atoms with Crippen LogP contribution >= 0.6 is 0 Å². The van der Waals surface area contributed by atoms with Crippen molar-refractivity contribution in [1.29, 1.82) is 0 Å². The Balaban J connectivity index is 2.49. The van der Waals surface area contributed by atoms with Gasteiger partial charge < -0.3 is 10.1 Å². The van der Waals surface area contributed by atoms with Crippen molar-refractivity contribution in [3.8, 4) is 5.88 Å². The first-order valence-corrected chi connectivity index (χ1v) is 7.32. The summed E-state index contributed by atoms with van der Waals surface area (Å²) in [5.41, 5.74) is 4.54. The van der Waals surface area contributed by atoms with Crippen molar-refractivity contribution in [3.05, 3.63) is 53.0 Å². The fourth-order valence-electron chi connectivity index (χ4n) is 2.40. The molecule has 0 aliphatic carbocycles. The van der Waals surface area contributed by atoms with Crippen LogP contribution in [0.4, 0.5) is 0 Å². The number of aromatic nitrogens is 2. The van der Waals surface area contributed by atoms with E-state index in [9.17, 15) is 0 Å². The summed E-state index contributed by atoms with van der Waals surface area (Å²) < 4.78 is 5.38. The van der Waals surface area contributed by atoms with Crippen LogP contribution in [0.2, 0.25) is 0 Å². The highest BCUT2D eigenvalue weighted by Gasteiger charge is 2.21. The van der Waals surface area contributed by atoms with Crippen LogP contribution in [0.1, 0.15) is 41.8 Å². The lowest BCUT2D eigenvalue weighted by molar-refractivity contribution is 0.382. The van der Waals surface area contributed by atoms with E-state index in [0.29, 0.717) is 5.88 Å². The molecule has 1 unspecified atom stereocenters. The van der Waals surface area contributed by atoms with Crippen LogP contribution in [0.25, 0.3) is 0 Å². The second-order valence-electron chi connectivity index (χ2n) is 5.20. The van der Waals surface area contributed by atoms with Crippen molar-refractivity contribution < 1.29 is 4.74 Å². The van der Waals surface area contributed by atoms with Gasteiger partial charge in [-0.2, -0.15) is 0 Å². The van der Waals surface area contributed by atoms with Gasteiger partial charge in [0.25, 0.3) is 0 Å². The van der Waals surface area contributed by atoms with Gasteiger partial charge in [-0.1, -0.05) is 30.7 Å². The van der Waals surface area contributed by atoms with Crippen molar-refractivity contribution in [2.75, 3.05) is 13.7 Å². The van der Waals surface area contributed by atoms with Gasteiger partial charge >= 0.3 is 0 Å². The maximum Gasteiger partial charge on any atom is 0.237 e. The van der Waals surface area contributed by atoms with Crippen molar-refractivity contribution in [2.24, 2.45) is 0 Å². The Kier molecular flexibility index (Phi) is 5.28. The summed E-state index contributed by atoms with van der Waals surface area (Å²) in [6.07, 6.45) is 4.43. The maximum atomic E-state index is 5.38. The summed E-state index contributed by atoms with van der Waals surface area (Å²) in [4.78, 5) is 8.78. The Morgan fingerprint density at radius 2 is 1.95 bits per heavy atom. The first-order valence-electron chi connectivity index (χ1n) is 7.32. The Bertz CT molecular complexity index is 598. The molecular weight excluding hydrogens is 262 g/mol. The van der Waals surface area contributed by atoms with E-state index in [2.05, 4.69) is 54.3 Å². The predicted octanol–water partition coefficient (Wildman–Crippen LogP) is 3.19. The normalized spacial score (nSPS) is 12.2. The molecule has 0 aliphatic heterocycles. The second-order valence-corrected chi connectivity index (χ2v) is 5.20. The number of hydrogen-bond acceptors (Lipinski definition) is 4. The topological polar surface area (TPSA) is 47.0 Å². The van der Waals surface area contributed by atoms with E-state index in [1.54, 1.807) is 19.5 Å². The van der Waals surface area contributed by atoms with Crippen LogP contribution in [0.15, 0.2) is 30.6 Å². The van der Waals surface area contributed by atoms with Gasteiger partial charge in [-0.15, -0.1) is 0 Å². The van der Waals surface area contributed by atoms with E-state index in [4.69, 9.17) is 4.74 Å². The van der Waals surface area contributed by atoms with Crippen LogP contribution in [-0.2, 0) is 0 Å². The fraction of sp³-hybridized carbons (Fsp3) is 0.412. The molecule has 0 aliphatic rings. The van der Waals surface area contributed by atoms with Gasteiger partial charge in [-0.25, -0.2) is 4.98 Å². The number of nitrogens with one attached hydrogen (secondary N) is 1. The Hall–Kier alpha value is -1.94. The number of methoxy groups -OCH3 is 1. The monoisotopic (exact) mass is 285 g/mol. The molecule has 1 aromatic heterocycles. The van der Waals surface area contributed by atoms with Gasteiger partial charge in [-0.05, 0) is 37.9 Å². The highest BCUT2D eigenvalue weighted by molar-refractivity contribution is 5.39. The van der Waals surface area contributed by atoms with Gasteiger partial charge in [0.1, 0.15) is 5.69 Å². The van der Waals surface area contributed by atoms with Crippen LogP contribution in [0.3, 0.4) is 0 Å². The minimum absolute atomic E-state index is 0.00602. The van der Waals surface area contributed by atoms with E-state index in [1.165, 1.54) is 16.7 Å². The van der Waals surface area contributed by atoms with Gasteiger partial charge in [0.2, 0.25) is 5.88 Å². The zero-order valence-electron chi connectivity index (χ0n) is 13.2. The molecule has 0 amide bonds. The molecule has 4 nitrogen and oxygen atoms in total. The third-order valence-electron chi connectivity index (χ3n) is 3.50. The summed E-state index contributed by atoms with van der Waals surface area (Å²) in [6, 6.07) is 6.47. The van der Waals surface area contributed by atoms with E-state index >= 15 is 0 Å². The van der Waals surface area contributed by atoms with E-state index in [-0.39, 0.29) is 6.04 Å². The average Bonchev–Trinajstić information content (AvgIpc) is 2.51. The van der Waals surface area contributed by atoms with Gasteiger partial charge in [0.05, 0.1) is 13.2 Å². The number of rotatable bonds is 6. The summed E-state index contributed by atoms with van der Waals surface area (Å²) in [5.74, 6) is 0.576. The number of nitrogens with zero attached hydrogens (tertiary/aromatic N) is 2. The molecular formula is C17H23N3O. The average molecular weight is 285 g/mol. The first kappa shape index (κ1) is 15.4. The highest BCUT2D eigenvalue weighted by atomic mass is 16.5. The molecule has 0 fully saturated rings. The zero-order valence-corrected chi connectivity index (χ0v) is 13.2. The van der Waals surface area contributed by atoms with E-state index in [1.807, 2.05) is 0 Å². The molecule has 1 atom stereocenters. The number of hydrogen-bond donors (Lipinski definition) is 1. The minimum atomic E-state index is -0.00602. The summed E-state index contributed by atoms with van der Waals surface area (Å²) in [5, 5.41) is 3.56. The molecule has 2 rings (SSSR count). The molecule has 0 spiro atoms. The van der Waals surface area contributed by atoms with Crippen molar-refractivity contribution in [3.63, 3.8) is 0 Å². The predicted molar refractivity (Wildman–Crippen MR) is 84.6 cm³/mol. The molecule has 112 valence electrons. The molecule has 2 aromatic rings. The summed E-state index contributed by atoms with van der Waals surface area (Å²) >= 11 is 0. The van der Waals surface area contributed by atoms with Crippen LogP contribution in [0.5, 0.6) is 5.88 Å². The maximum absolute atomic E-state index is 5.38. The molecule has 21 heavy (non-hydrogen) atoms. The number of benzene rings is 1. The van der Waals surface area contributed by atoms with Crippen LogP contribution in [-0.4, -0.2) is 23.6 Å². The van der Waals surface area contributed by atoms with Crippen molar-refractivity contribution in [2.45, 2.75) is 33.2 Å². The first-order chi connectivity index (χ1) is 10.2. The van der Waals surface area contributed by atoms with Crippen LogP contribution < -0.4 is 10.1 Å². The largest absolute Gasteiger partial charge is 0.480 e. The third kappa shape index (κ3) is 3.58. The molecule has 1 aromatic carbocycles. The quantitative estimate of drug-likeness (QED) is 0.885. The lowest BCUT2D eigenvalue weighted by atomic mass is 9.96. The smallest absolute Gasteiger partial charge is 0.237 e. The lowest BCUT2D eigenvalue weighted by Crippen LogP contribution is -2.25. The lowest BCUT2D eigenvalue weighted by Gasteiger charge is -2.22. The SMILES string of the molecule is CCCNC(c1cc(C)ccc1C)c1nccnc1OC. The van der Waals surface area contributed by atoms with Crippen molar-refractivity contribution in [1.82, 2.24) is 15.3 Å². The molecule has 1 N–H and O–H groups in total. The molecule has 1 heterocycles. The van der Waals surface area contributed by atoms with Gasteiger partial charge in [0.15, 0.2) is 0 Å². The molecule has 4 heteroatoms. The van der Waals surface area contributed by atoms with E-state index in [0.717, 1.165) is 18.7 Å².